The molecule has 0 amide bonds. The second-order valence-electron chi connectivity index (χ2n) is 4.56. The van der Waals surface area contributed by atoms with Crippen LogP contribution < -0.4 is 4.90 Å². The fourth-order valence-electron chi connectivity index (χ4n) is 1.99. The Labute approximate surface area is 106 Å². The summed E-state index contributed by atoms with van der Waals surface area (Å²) in [4.78, 5) is 10.5. The minimum absolute atomic E-state index is 0.392. The molecule has 0 aliphatic rings. The molecule has 0 bridgehead atoms. The third-order valence-corrected chi connectivity index (χ3v) is 2.72. The van der Waals surface area contributed by atoms with E-state index in [1.54, 1.807) is 11.4 Å². The summed E-state index contributed by atoms with van der Waals surface area (Å²) in [5, 5.41) is 13.6. The zero-order valence-electron chi connectivity index (χ0n) is 11.0. The topological polar surface area (TPSA) is 66.5 Å². The number of aryl methyl sites for hydroxylation is 1. The molecule has 2 heterocycles. The lowest BCUT2D eigenvalue weighted by molar-refractivity contribution is 0.201. The van der Waals surface area contributed by atoms with E-state index in [9.17, 15) is 5.11 Å². The Balaban J connectivity index is 2.42. The Kier molecular flexibility index (Phi) is 3.76. The van der Waals surface area contributed by atoms with Crippen molar-refractivity contribution < 1.29 is 5.11 Å². The average molecular weight is 249 g/mol. The molecule has 0 aliphatic heterocycles. The Hall–Kier alpha value is -1.69. The minimum atomic E-state index is -0.392. The average Bonchev–Trinajstić information content (AvgIpc) is 2.75. The molecule has 6 heteroatoms. The molecule has 0 radical (unpaired) electrons. The van der Waals surface area contributed by atoms with Crippen LogP contribution in [0.4, 0.5) is 5.82 Å². The van der Waals surface area contributed by atoms with Gasteiger partial charge in [0.15, 0.2) is 0 Å². The molecule has 98 valence electrons. The van der Waals surface area contributed by atoms with Gasteiger partial charge in [0.1, 0.15) is 12.1 Å². The molecule has 6 nitrogen and oxygen atoms in total. The standard InChI is InChI=1S/C12H19N5O/c1-4-5-10-6-11(16(3)7-9(2)18)17-12(15-10)13-8-14-17/h6,8-9,18H,4-5,7H2,1-3H3. The van der Waals surface area contributed by atoms with Crippen LogP contribution in [-0.2, 0) is 6.42 Å². The van der Waals surface area contributed by atoms with E-state index >= 15 is 0 Å². The van der Waals surface area contributed by atoms with Crippen molar-refractivity contribution in [3.8, 4) is 0 Å². The summed E-state index contributed by atoms with van der Waals surface area (Å²) in [6.45, 7) is 4.43. The lowest BCUT2D eigenvalue weighted by Gasteiger charge is -2.21. The summed E-state index contributed by atoms with van der Waals surface area (Å²) in [6.07, 6.45) is 3.06. The molecular formula is C12H19N5O. The van der Waals surface area contributed by atoms with Gasteiger partial charge in [-0.05, 0) is 13.3 Å². The number of hydrogen-bond acceptors (Lipinski definition) is 5. The summed E-state index contributed by atoms with van der Waals surface area (Å²) in [5.74, 6) is 1.51. The first kappa shape index (κ1) is 12.8. The summed E-state index contributed by atoms with van der Waals surface area (Å²) < 4.78 is 1.70. The van der Waals surface area contributed by atoms with Crippen molar-refractivity contribution >= 4 is 11.6 Å². The summed E-state index contributed by atoms with van der Waals surface area (Å²) in [5.41, 5.74) is 1.01. The van der Waals surface area contributed by atoms with Crippen LogP contribution in [0.1, 0.15) is 26.0 Å². The lowest BCUT2D eigenvalue weighted by atomic mass is 10.2. The van der Waals surface area contributed by atoms with Gasteiger partial charge in [-0.3, -0.25) is 0 Å². The number of anilines is 1. The van der Waals surface area contributed by atoms with E-state index in [4.69, 9.17) is 0 Å². The third kappa shape index (κ3) is 2.59. The number of nitrogens with zero attached hydrogens (tertiary/aromatic N) is 5. The zero-order valence-corrected chi connectivity index (χ0v) is 11.0. The van der Waals surface area contributed by atoms with Crippen LogP contribution >= 0.6 is 0 Å². The molecule has 18 heavy (non-hydrogen) atoms. The minimum Gasteiger partial charge on any atom is -0.392 e. The molecule has 0 fully saturated rings. The molecule has 0 spiro atoms. The van der Waals surface area contributed by atoms with Crippen LogP contribution in [0, 0.1) is 0 Å². The second kappa shape index (κ2) is 5.30. The van der Waals surface area contributed by atoms with Crippen LogP contribution in [0.3, 0.4) is 0 Å². The molecule has 1 N–H and O–H groups in total. The van der Waals surface area contributed by atoms with Crippen molar-refractivity contribution in [1.82, 2.24) is 19.6 Å². The van der Waals surface area contributed by atoms with E-state index in [0.29, 0.717) is 12.3 Å². The van der Waals surface area contributed by atoms with E-state index in [2.05, 4.69) is 22.0 Å². The molecule has 2 rings (SSSR count). The van der Waals surface area contributed by atoms with Gasteiger partial charge in [0.2, 0.25) is 0 Å². The van der Waals surface area contributed by atoms with E-state index in [1.807, 2.05) is 18.0 Å². The largest absolute Gasteiger partial charge is 0.392 e. The first-order chi connectivity index (χ1) is 8.61. The monoisotopic (exact) mass is 249 g/mol. The highest BCUT2D eigenvalue weighted by Crippen LogP contribution is 2.16. The Morgan fingerprint density at radius 1 is 1.50 bits per heavy atom. The van der Waals surface area contributed by atoms with Crippen molar-refractivity contribution in [2.24, 2.45) is 0 Å². The van der Waals surface area contributed by atoms with Gasteiger partial charge in [-0.1, -0.05) is 13.3 Å². The van der Waals surface area contributed by atoms with E-state index in [1.165, 1.54) is 6.33 Å². The molecule has 2 aromatic rings. The van der Waals surface area contributed by atoms with Gasteiger partial charge < -0.3 is 10.0 Å². The number of aliphatic hydroxyl groups is 1. The first-order valence-corrected chi connectivity index (χ1v) is 6.20. The fraction of sp³-hybridized carbons (Fsp3) is 0.583. The van der Waals surface area contributed by atoms with Crippen LogP contribution in [0.5, 0.6) is 0 Å². The van der Waals surface area contributed by atoms with Crippen molar-refractivity contribution in [2.75, 3.05) is 18.5 Å². The molecule has 2 aromatic heterocycles. The Morgan fingerprint density at radius 3 is 2.94 bits per heavy atom. The molecule has 0 aromatic carbocycles. The maximum atomic E-state index is 9.48. The van der Waals surface area contributed by atoms with Gasteiger partial charge in [-0.2, -0.15) is 14.6 Å². The lowest BCUT2D eigenvalue weighted by Crippen LogP contribution is -2.29. The summed E-state index contributed by atoms with van der Waals surface area (Å²) >= 11 is 0. The Bertz CT molecular complexity index is 522. The van der Waals surface area contributed by atoms with Crippen molar-refractivity contribution in [3.05, 3.63) is 18.1 Å². The predicted molar refractivity (Wildman–Crippen MR) is 69.7 cm³/mol. The quantitative estimate of drug-likeness (QED) is 0.852. The van der Waals surface area contributed by atoms with Gasteiger partial charge >= 0.3 is 0 Å². The molecule has 0 aliphatic carbocycles. The Morgan fingerprint density at radius 2 is 2.28 bits per heavy atom. The van der Waals surface area contributed by atoms with Crippen LogP contribution in [0.2, 0.25) is 0 Å². The molecule has 0 saturated heterocycles. The predicted octanol–water partition coefficient (Wildman–Crippen LogP) is 0.894. The van der Waals surface area contributed by atoms with E-state index in [-0.39, 0.29) is 0 Å². The SMILES string of the molecule is CCCc1cc(N(C)CC(C)O)n2ncnc2n1. The number of fused-ring (bicyclic) bond motifs is 1. The summed E-state index contributed by atoms with van der Waals surface area (Å²) in [6, 6.07) is 2.01. The zero-order chi connectivity index (χ0) is 13.1. The molecule has 1 unspecified atom stereocenters. The van der Waals surface area contributed by atoms with Crippen molar-refractivity contribution in [2.45, 2.75) is 32.8 Å². The maximum Gasteiger partial charge on any atom is 0.254 e. The number of rotatable bonds is 5. The number of hydrogen-bond donors (Lipinski definition) is 1. The second-order valence-corrected chi connectivity index (χ2v) is 4.56. The van der Waals surface area contributed by atoms with Gasteiger partial charge in [0.25, 0.3) is 5.78 Å². The van der Waals surface area contributed by atoms with E-state index in [0.717, 1.165) is 24.4 Å². The number of aliphatic hydroxyl groups excluding tert-OH is 1. The fourth-order valence-corrected chi connectivity index (χ4v) is 1.99. The van der Waals surface area contributed by atoms with Crippen LogP contribution in [-0.4, -0.2) is 44.4 Å². The first-order valence-electron chi connectivity index (χ1n) is 6.20. The maximum absolute atomic E-state index is 9.48. The molecule has 1 atom stereocenters. The third-order valence-electron chi connectivity index (χ3n) is 2.72. The van der Waals surface area contributed by atoms with Crippen LogP contribution in [0.15, 0.2) is 12.4 Å². The van der Waals surface area contributed by atoms with Crippen molar-refractivity contribution in [1.29, 1.82) is 0 Å². The highest BCUT2D eigenvalue weighted by atomic mass is 16.3. The molecular weight excluding hydrogens is 230 g/mol. The highest BCUT2D eigenvalue weighted by Gasteiger charge is 2.12. The number of likely N-dealkylation sites (N-methyl/N-ethyl adjacent to an activating group) is 1. The van der Waals surface area contributed by atoms with Gasteiger partial charge in [-0.15, -0.1) is 0 Å². The summed E-state index contributed by atoms with van der Waals surface area (Å²) in [7, 11) is 1.93. The highest BCUT2D eigenvalue weighted by molar-refractivity contribution is 5.46. The van der Waals surface area contributed by atoms with Crippen molar-refractivity contribution in [3.63, 3.8) is 0 Å². The molecule has 0 saturated carbocycles. The smallest absolute Gasteiger partial charge is 0.254 e. The van der Waals surface area contributed by atoms with Gasteiger partial charge in [0.05, 0.1) is 6.10 Å². The van der Waals surface area contributed by atoms with Crippen LogP contribution in [0.25, 0.3) is 5.78 Å². The van der Waals surface area contributed by atoms with Gasteiger partial charge in [0, 0.05) is 25.4 Å². The normalized spacial score (nSPS) is 12.9. The van der Waals surface area contributed by atoms with Gasteiger partial charge in [-0.25, -0.2) is 4.98 Å². The number of aromatic nitrogens is 4. The van der Waals surface area contributed by atoms with E-state index < -0.39 is 6.10 Å².